The van der Waals surface area contributed by atoms with E-state index in [-0.39, 0.29) is 46.8 Å². The Morgan fingerprint density at radius 3 is 2.50 bits per heavy atom. The molecule has 12 unspecified atom stereocenters. The molecule has 4 aliphatic carbocycles. The molecule has 30 heavy (non-hydrogen) atoms. The van der Waals surface area contributed by atoms with Crippen LogP contribution < -0.4 is 5.32 Å². The molecule has 4 saturated carbocycles. The third-order valence-electron chi connectivity index (χ3n) is 11.3. The van der Waals surface area contributed by atoms with Gasteiger partial charge in [-0.15, -0.1) is 0 Å². The van der Waals surface area contributed by atoms with Crippen molar-refractivity contribution < 1.29 is 20.1 Å². The van der Waals surface area contributed by atoms with E-state index in [9.17, 15) is 20.1 Å². The van der Waals surface area contributed by atoms with Crippen molar-refractivity contribution in [3.63, 3.8) is 0 Å². The SMILES string of the molecule is CC(CC(=O)O)C1CCC2C3C(O)C4C(C)NC45CC(O)CCC5(C)C3CCC12C. The number of aliphatic carboxylic acids is 1. The van der Waals surface area contributed by atoms with Crippen LogP contribution in [0.25, 0.3) is 0 Å². The second-order valence-electron chi connectivity index (χ2n) is 12.3. The number of carboxylic acids is 1. The summed E-state index contributed by atoms with van der Waals surface area (Å²) in [5, 5.41) is 35.6. The van der Waals surface area contributed by atoms with Gasteiger partial charge in [-0.1, -0.05) is 20.8 Å². The summed E-state index contributed by atoms with van der Waals surface area (Å²) >= 11 is 0. The minimum Gasteiger partial charge on any atom is -0.481 e. The smallest absolute Gasteiger partial charge is 0.303 e. The summed E-state index contributed by atoms with van der Waals surface area (Å²) in [7, 11) is 0. The van der Waals surface area contributed by atoms with Crippen molar-refractivity contribution in [2.75, 3.05) is 0 Å². The first kappa shape index (κ1) is 21.2. The number of rotatable bonds is 3. The molecule has 1 saturated heterocycles. The Bertz CT molecular complexity index is 728. The second kappa shape index (κ2) is 6.68. The van der Waals surface area contributed by atoms with Crippen LogP contribution in [0, 0.1) is 46.3 Å². The molecule has 5 heteroatoms. The van der Waals surface area contributed by atoms with Crippen LogP contribution in [0.2, 0.25) is 0 Å². The maximum Gasteiger partial charge on any atom is 0.303 e. The standard InChI is InChI=1S/C25H41NO4/c1-13(11-19(28)29)16-5-6-17-20-18(8-9-23(16,17)3)24(4)10-7-15(27)12-25(24)21(22(20)30)14(2)26-25/h13-18,20-22,26-27,30H,5-12H2,1-4H3,(H,28,29). The molecule has 0 aromatic carbocycles. The monoisotopic (exact) mass is 419 g/mol. The second-order valence-corrected chi connectivity index (χ2v) is 12.3. The zero-order valence-corrected chi connectivity index (χ0v) is 19.1. The first-order valence-corrected chi connectivity index (χ1v) is 12.4. The zero-order chi connectivity index (χ0) is 21.6. The minimum atomic E-state index is -0.687. The Hall–Kier alpha value is -0.650. The first-order chi connectivity index (χ1) is 14.0. The molecule has 1 aliphatic heterocycles. The largest absolute Gasteiger partial charge is 0.481 e. The number of aliphatic hydroxyl groups is 2. The summed E-state index contributed by atoms with van der Waals surface area (Å²) in [5.74, 6) is 1.46. The van der Waals surface area contributed by atoms with Gasteiger partial charge >= 0.3 is 5.97 Å². The number of carbonyl (C=O) groups is 1. The quantitative estimate of drug-likeness (QED) is 0.563. The Morgan fingerprint density at radius 2 is 1.83 bits per heavy atom. The van der Waals surface area contributed by atoms with Gasteiger partial charge in [0.2, 0.25) is 0 Å². The molecule has 5 aliphatic rings. The molecule has 0 aromatic rings. The predicted octanol–water partition coefficient (Wildman–Crippen LogP) is 3.43. The molecule has 1 heterocycles. The van der Waals surface area contributed by atoms with Crippen LogP contribution in [-0.4, -0.2) is 45.1 Å². The molecule has 5 fully saturated rings. The normalized spacial score (nSPS) is 57.9. The zero-order valence-electron chi connectivity index (χ0n) is 19.1. The van der Waals surface area contributed by atoms with Crippen molar-refractivity contribution in [3.8, 4) is 0 Å². The molecule has 0 radical (unpaired) electrons. The molecule has 4 N–H and O–H groups in total. The molecule has 12 atom stereocenters. The van der Waals surface area contributed by atoms with Crippen LogP contribution in [0.4, 0.5) is 0 Å². The first-order valence-electron chi connectivity index (χ1n) is 12.4. The lowest BCUT2D eigenvalue weighted by Gasteiger charge is -2.76. The van der Waals surface area contributed by atoms with E-state index in [1.54, 1.807) is 0 Å². The van der Waals surface area contributed by atoms with Gasteiger partial charge in [0.05, 0.1) is 12.2 Å². The number of nitrogens with one attached hydrogen (secondary N) is 1. The van der Waals surface area contributed by atoms with Gasteiger partial charge in [-0.3, -0.25) is 4.79 Å². The van der Waals surface area contributed by atoms with E-state index in [2.05, 4.69) is 33.0 Å². The molecule has 5 nitrogen and oxygen atoms in total. The molecule has 5 rings (SSSR count). The number of hydrogen-bond acceptors (Lipinski definition) is 4. The lowest BCUT2D eigenvalue weighted by molar-refractivity contribution is -0.264. The molecule has 1 spiro atoms. The topological polar surface area (TPSA) is 89.8 Å². The fraction of sp³-hybridized carbons (Fsp3) is 0.960. The summed E-state index contributed by atoms with van der Waals surface area (Å²) in [5.41, 5.74) is 0.147. The molecule has 0 amide bonds. The lowest BCUT2D eigenvalue weighted by Crippen LogP contribution is -2.86. The van der Waals surface area contributed by atoms with Crippen LogP contribution in [0.5, 0.6) is 0 Å². The average Bonchev–Trinajstić information content (AvgIpc) is 2.99. The maximum atomic E-state index is 11.8. The van der Waals surface area contributed by atoms with E-state index in [4.69, 9.17) is 0 Å². The maximum absolute atomic E-state index is 11.8. The van der Waals surface area contributed by atoms with E-state index in [0.717, 1.165) is 44.9 Å². The van der Waals surface area contributed by atoms with Crippen molar-refractivity contribution in [3.05, 3.63) is 0 Å². The average molecular weight is 420 g/mol. The molecular formula is C25H41NO4. The van der Waals surface area contributed by atoms with Crippen LogP contribution >= 0.6 is 0 Å². The number of carboxylic acid groups (broad SMARTS) is 1. The van der Waals surface area contributed by atoms with Gasteiger partial charge in [0.1, 0.15) is 0 Å². The Morgan fingerprint density at radius 1 is 1.10 bits per heavy atom. The Balaban J connectivity index is 1.50. The van der Waals surface area contributed by atoms with Crippen LogP contribution in [0.15, 0.2) is 0 Å². The van der Waals surface area contributed by atoms with Gasteiger partial charge in [-0.2, -0.15) is 0 Å². The predicted molar refractivity (Wildman–Crippen MR) is 115 cm³/mol. The highest BCUT2D eigenvalue weighted by molar-refractivity contribution is 5.67. The minimum absolute atomic E-state index is 0.118. The molecule has 0 aromatic heterocycles. The van der Waals surface area contributed by atoms with Crippen molar-refractivity contribution in [1.29, 1.82) is 0 Å². The third-order valence-corrected chi connectivity index (χ3v) is 11.3. The van der Waals surface area contributed by atoms with Gasteiger partial charge in [0.15, 0.2) is 0 Å². The van der Waals surface area contributed by atoms with Crippen molar-refractivity contribution >= 4 is 5.97 Å². The number of hydrogen-bond donors (Lipinski definition) is 4. The van der Waals surface area contributed by atoms with Gasteiger partial charge in [-0.25, -0.2) is 0 Å². The van der Waals surface area contributed by atoms with Crippen molar-refractivity contribution in [1.82, 2.24) is 5.32 Å². The van der Waals surface area contributed by atoms with Crippen molar-refractivity contribution in [2.45, 2.75) is 103 Å². The van der Waals surface area contributed by atoms with E-state index < -0.39 is 5.97 Å². The molecule has 0 bridgehead atoms. The van der Waals surface area contributed by atoms with E-state index >= 15 is 0 Å². The van der Waals surface area contributed by atoms with Gasteiger partial charge in [0.25, 0.3) is 0 Å². The summed E-state index contributed by atoms with van der Waals surface area (Å²) in [6.45, 7) is 9.20. The molecular weight excluding hydrogens is 378 g/mol. The summed E-state index contributed by atoms with van der Waals surface area (Å²) in [6, 6.07) is 0.293. The summed E-state index contributed by atoms with van der Waals surface area (Å²) < 4.78 is 0. The van der Waals surface area contributed by atoms with Crippen LogP contribution in [0.1, 0.15) is 79.1 Å². The van der Waals surface area contributed by atoms with Gasteiger partial charge in [0, 0.05) is 23.9 Å². The fourth-order valence-corrected chi connectivity index (χ4v) is 10.2. The van der Waals surface area contributed by atoms with Crippen molar-refractivity contribution in [2.24, 2.45) is 46.3 Å². The van der Waals surface area contributed by atoms with Gasteiger partial charge in [-0.05, 0) is 92.3 Å². The summed E-state index contributed by atoms with van der Waals surface area (Å²) in [6.07, 6.45) is 6.88. The molecule has 170 valence electrons. The third kappa shape index (κ3) is 2.49. The fourth-order valence-electron chi connectivity index (χ4n) is 10.2. The highest BCUT2D eigenvalue weighted by Gasteiger charge is 2.74. The Labute approximate surface area is 181 Å². The Kier molecular flexibility index (Phi) is 4.72. The van der Waals surface area contributed by atoms with Crippen LogP contribution in [-0.2, 0) is 4.79 Å². The number of fused-ring (bicyclic) bond motifs is 4. The number of aliphatic hydroxyl groups excluding tert-OH is 2. The van der Waals surface area contributed by atoms with E-state index in [1.165, 1.54) is 0 Å². The van der Waals surface area contributed by atoms with E-state index in [0.29, 0.717) is 29.7 Å². The lowest BCUT2D eigenvalue weighted by atomic mass is 9.36. The highest BCUT2D eigenvalue weighted by atomic mass is 16.4. The summed E-state index contributed by atoms with van der Waals surface area (Å²) in [4.78, 5) is 11.4. The van der Waals surface area contributed by atoms with Gasteiger partial charge < -0.3 is 20.6 Å². The highest BCUT2D eigenvalue weighted by Crippen LogP contribution is 2.72. The van der Waals surface area contributed by atoms with Crippen LogP contribution in [0.3, 0.4) is 0 Å². The van der Waals surface area contributed by atoms with E-state index in [1.807, 2.05) is 0 Å².